The zero-order valence-corrected chi connectivity index (χ0v) is 14.5. The first-order valence-electron chi connectivity index (χ1n) is 8.37. The summed E-state index contributed by atoms with van der Waals surface area (Å²) in [5.74, 6) is 0.190. The molecule has 27 heavy (non-hydrogen) atoms. The first-order chi connectivity index (χ1) is 13.2. The van der Waals surface area contributed by atoms with Gasteiger partial charge in [-0.1, -0.05) is 82.1 Å². The summed E-state index contributed by atoms with van der Waals surface area (Å²) in [6.45, 7) is 0. The Labute approximate surface area is 155 Å². The number of benzene rings is 2. The molecule has 0 heterocycles. The summed E-state index contributed by atoms with van der Waals surface area (Å²) >= 11 is 0. The van der Waals surface area contributed by atoms with Gasteiger partial charge >= 0.3 is 0 Å². The molecule has 0 radical (unpaired) electrons. The number of azide groups is 2. The molecule has 3 rings (SSSR count). The third-order valence-corrected chi connectivity index (χ3v) is 4.15. The van der Waals surface area contributed by atoms with Crippen LogP contribution in [0.15, 0.2) is 69.9 Å². The van der Waals surface area contributed by atoms with E-state index in [0.29, 0.717) is 24.2 Å². The van der Waals surface area contributed by atoms with E-state index < -0.39 is 0 Å². The molecule has 0 bridgehead atoms. The summed E-state index contributed by atoms with van der Waals surface area (Å²) in [7, 11) is 0. The van der Waals surface area contributed by atoms with E-state index in [1.807, 2.05) is 36.4 Å². The van der Waals surface area contributed by atoms with E-state index in [1.54, 1.807) is 24.3 Å². The minimum Gasteiger partial charge on any atom is -0.299 e. The smallest absolute Gasteiger partial charge is 0.140 e. The number of rotatable bonds is 4. The summed E-state index contributed by atoms with van der Waals surface area (Å²) < 4.78 is 0. The van der Waals surface area contributed by atoms with Gasteiger partial charge in [-0.3, -0.25) is 4.79 Å². The summed E-state index contributed by atoms with van der Waals surface area (Å²) in [5.41, 5.74) is 22.1. The molecule has 1 aliphatic carbocycles. The molecule has 1 saturated carbocycles. The highest BCUT2D eigenvalue weighted by Crippen LogP contribution is 2.29. The molecule has 0 N–H and O–H groups in total. The standard InChI is InChI=1S/C20H16N6O/c21-25-23-18-5-1-14(2-6-18)9-16-11-17(13-20(27)12-16)10-15-3-7-19(8-4-15)24-26-22/h1-10H,11-13H2. The number of hydrogen-bond donors (Lipinski definition) is 0. The molecular formula is C20H16N6O. The molecule has 0 aliphatic heterocycles. The topological polar surface area (TPSA) is 115 Å². The molecule has 0 aromatic heterocycles. The Morgan fingerprint density at radius 2 is 1.11 bits per heavy atom. The highest BCUT2D eigenvalue weighted by Gasteiger charge is 2.17. The van der Waals surface area contributed by atoms with Crippen LogP contribution >= 0.6 is 0 Å². The summed E-state index contributed by atoms with van der Waals surface area (Å²) in [5, 5.41) is 7.11. The number of allylic oxidation sites excluding steroid dienone is 2. The van der Waals surface area contributed by atoms with Crippen molar-refractivity contribution in [3.8, 4) is 0 Å². The zero-order chi connectivity index (χ0) is 19.1. The number of Topliss-reactive ketones (excluding diaryl/α,β-unsaturated/α-hetero) is 1. The average Bonchev–Trinajstić information content (AvgIpc) is 2.65. The van der Waals surface area contributed by atoms with Gasteiger partial charge < -0.3 is 0 Å². The predicted molar refractivity (Wildman–Crippen MR) is 105 cm³/mol. The molecule has 1 aliphatic rings. The van der Waals surface area contributed by atoms with E-state index in [-0.39, 0.29) is 5.78 Å². The van der Waals surface area contributed by atoms with Gasteiger partial charge in [0.25, 0.3) is 0 Å². The van der Waals surface area contributed by atoms with Crippen molar-refractivity contribution in [3.63, 3.8) is 0 Å². The van der Waals surface area contributed by atoms with Crippen molar-refractivity contribution in [3.05, 3.63) is 91.7 Å². The van der Waals surface area contributed by atoms with Crippen LogP contribution in [-0.4, -0.2) is 5.78 Å². The van der Waals surface area contributed by atoms with Gasteiger partial charge in [0.2, 0.25) is 0 Å². The second-order valence-corrected chi connectivity index (χ2v) is 6.24. The Bertz CT molecular complexity index is 924. The van der Waals surface area contributed by atoms with Crippen LogP contribution in [0.1, 0.15) is 30.4 Å². The first kappa shape index (κ1) is 18.0. The van der Waals surface area contributed by atoms with E-state index in [9.17, 15) is 4.79 Å². The molecule has 2 aromatic carbocycles. The van der Waals surface area contributed by atoms with Crippen molar-refractivity contribution >= 4 is 29.3 Å². The highest BCUT2D eigenvalue weighted by atomic mass is 16.1. The quantitative estimate of drug-likeness (QED) is 0.335. The number of carbonyl (C=O) groups excluding carboxylic acids is 1. The largest absolute Gasteiger partial charge is 0.299 e. The van der Waals surface area contributed by atoms with Gasteiger partial charge in [0.15, 0.2) is 0 Å². The molecule has 2 aromatic rings. The Hall–Kier alpha value is -3.79. The van der Waals surface area contributed by atoms with Gasteiger partial charge in [0.05, 0.1) is 0 Å². The van der Waals surface area contributed by atoms with Crippen molar-refractivity contribution in [2.75, 3.05) is 0 Å². The van der Waals surface area contributed by atoms with Gasteiger partial charge in [0.1, 0.15) is 5.78 Å². The molecule has 0 amide bonds. The number of ketones is 1. The molecular weight excluding hydrogens is 340 g/mol. The Morgan fingerprint density at radius 1 is 0.704 bits per heavy atom. The molecule has 0 unspecified atom stereocenters. The fourth-order valence-corrected chi connectivity index (χ4v) is 3.04. The predicted octanol–water partition coefficient (Wildman–Crippen LogP) is 6.79. The van der Waals surface area contributed by atoms with Gasteiger partial charge in [-0.15, -0.1) is 0 Å². The molecule has 0 saturated heterocycles. The first-order valence-corrected chi connectivity index (χ1v) is 8.37. The minimum absolute atomic E-state index is 0.190. The third kappa shape index (κ3) is 5.09. The summed E-state index contributed by atoms with van der Waals surface area (Å²) in [6.07, 6.45) is 5.66. The molecule has 7 heteroatoms. The normalized spacial score (nSPS) is 16.7. The molecule has 0 atom stereocenters. The van der Waals surface area contributed by atoms with Gasteiger partial charge in [-0.25, -0.2) is 0 Å². The van der Waals surface area contributed by atoms with E-state index >= 15 is 0 Å². The monoisotopic (exact) mass is 356 g/mol. The second kappa shape index (κ2) is 8.54. The van der Waals surface area contributed by atoms with Crippen LogP contribution in [0.3, 0.4) is 0 Å². The fourth-order valence-electron chi connectivity index (χ4n) is 3.04. The molecule has 132 valence electrons. The van der Waals surface area contributed by atoms with Gasteiger partial charge in [0, 0.05) is 34.0 Å². The lowest BCUT2D eigenvalue weighted by molar-refractivity contribution is -0.118. The van der Waals surface area contributed by atoms with E-state index in [4.69, 9.17) is 11.1 Å². The third-order valence-electron chi connectivity index (χ3n) is 4.15. The van der Waals surface area contributed by atoms with E-state index in [0.717, 1.165) is 28.7 Å². The maximum atomic E-state index is 12.2. The van der Waals surface area contributed by atoms with Crippen LogP contribution < -0.4 is 0 Å². The zero-order valence-electron chi connectivity index (χ0n) is 14.5. The van der Waals surface area contributed by atoms with Gasteiger partial charge in [-0.05, 0) is 28.6 Å². The van der Waals surface area contributed by atoms with Crippen molar-refractivity contribution in [1.29, 1.82) is 0 Å². The van der Waals surface area contributed by atoms with Crippen molar-refractivity contribution in [2.45, 2.75) is 19.3 Å². The second-order valence-electron chi connectivity index (χ2n) is 6.24. The van der Waals surface area contributed by atoms with Crippen molar-refractivity contribution in [1.82, 2.24) is 0 Å². The molecule has 1 fully saturated rings. The lowest BCUT2D eigenvalue weighted by Gasteiger charge is -2.17. The van der Waals surface area contributed by atoms with Crippen LogP contribution in [-0.2, 0) is 4.79 Å². The van der Waals surface area contributed by atoms with Crippen LogP contribution in [0.5, 0.6) is 0 Å². The fraction of sp³-hybridized carbons (Fsp3) is 0.150. The Kier molecular flexibility index (Phi) is 5.70. The molecule has 0 spiro atoms. The maximum absolute atomic E-state index is 12.2. The maximum Gasteiger partial charge on any atom is 0.140 e. The SMILES string of the molecule is [N-]=[N+]=Nc1ccc(C=C2CC(=O)CC(=Cc3ccc(N=[N+]=[N-])cc3)C2)cc1. The van der Waals surface area contributed by atoms with Crippen LogP contribution in [0, 0.1) is 0 Å². The summed E-state index contributed by atoms with van der Waals surface area (Å²) in [6, 6.07) is 14.5. The van der Waals surface area contributed by atoms with Crippen LogP contribution in [0.25, 0.3) is 33.0 Å². The number of hydrogen-bond acceptors (Lipinski definition) is 3. The number of nitrogens with zero attached hydrogens (tertiary/aromatic N) is 6. The molecule has 7 nitrogen and oxygen atoms in total. The average molecular weight is 356 g/mol. The van der Waals surface area contributed by atoms with Crippen molar-refractivity contribution in [2.24, 2.45) is 10.2 Å². The van der Waals surface area contributed by atoms with Crippen LogP contribution in [0.4, 0.5) is 11.4 Å². The lowest BCUT2D eigenvalue weighted by atomic mass is 9.87. The Balaban J connectivity index is 1.79. The highest BCUT2D eigenvalue weighted by molar-refractivity contribution is 5.88. The lowest BCUT2D eigenvalue weighted by Crippen LogP contribution is -2.09. The van der Waals surface area contributed by atoms with Crippen LogP contribution in [0.2, 0.25) is 0 Å². The number of carbonyl (C=O) groups is 1. The summed E-state index contributed by atoms with van der Waals surface area (Å²) in [4.78, 5) is 17.7. The minimum atomic E-state index is 0.190. The van der Waals surface area contributed by atoms with Gasteiger partial charge in [-0.2, -0.15) is 0 Å². The van der Waals surface area contributed by atoms with E-state index in [2.05, 4.69) is 20.1 Å². The van der Waals surface area contributed by atoms with Crippen molar-refractivity contribution < 1.29 is 4.79 Å². The van der Waals surface area contributed by atoms with E-state index in [1.165, 1.54) is 0 Å². The Morgan fingerprint density at radius 3 is 1.48 bits per heavy atom.